The normalized spacial score (nSPS) is 10.0. The predicted octanol–water partition coefficient (Wildman–Crippen LogP) is 0.0278. The molecule has 11 heavy (non-hydrogen) atoms. The average Bonchev–Trinajstić information content (AvgIpc) is 2.05. The lowest BCUT2D eigenvalue weighted by Gasteiger charge is -2.16. The SMILES string of the molecule is CON(CCC=O)CCC=O. The van der Waals surface area contributed by atoms with Gasteiger partial charge in [0.1, 0.15) is 12.6 Å². The quantitative estimate of drug-likeness (QED) is 0.388. The van der Waals surface area contributed by atoms with Crippen LogP contribution >= 0.6 is 0 Å². The number of nitrogens with zero attached hydrogens (tertiary/aromatic N) is 1. The van der Waals surface area contributed by atoms with Gasteiger partial charge in [-0.05, 0) is 0 Å². The molecule has 0 bridgehead atoms. The maximum Gasteiger partial charge on any atom is 0.121 e. The third-order valence-electron chi connectivity index (χ3n) is 1.25. The summed E-state index contributed by atoms with van der Waals surface area (Å²) in [7, 11) is 1.52. The van der Waals surface area contributed by atoms with Gasteiger partial charge in [0.25, 0.3) is 0 Å². The van der Waals surface area contributed by atoms with Gasteiger partial charge in [0, 0.05) is 25.9 Å². The molecule has 0 amide bonds. The zero-order valence-corrected chi connectivity index (χ0v) is 6.66. The van der Waals surface area contributed by atoms with E-state index in [9.17, 15) is 9.59 Å². The van der Waals surface area contributed by atoms with Crippen LogP contribution in [0.2, 0.25) is 0 Å². The Morgan fingerprint density at radius 1 is 1.18 bits per heavy atom. The van der Waals surface area contributed by atoms with E-state index in [1.54, 1.807) is 5.06 Å². The lowest BCUT2D eigenvalue weighted by Crippen LogP contribution is -2.25. The second-order valence-corrected chi connectivity index (χ2v) is 2.02. The van der Waals surface area contributed by atoms with Crippen molar-refractivity contribution in [1.82, 2.24) is 5.06 Å². The van der Waals surface area contributed by atoms with Crippen molar-refractivity contribution < 1.29 is 14.4 Å². The van der Waals surface area contributed by atoms with E-state index in [-0.39, 0.29) is 0 Å². The van der Waals surface area contributed by atoms with E-state index >= 15 is 0 Å². The Kier molecular flexibility index (Phi) is 6.87. The number of hydroxylamine groups is 2. The smallest absolute Gasteiger partial charge is 0.121 e. The fraction of sp³-hybridized carbons (Fsp3) is 0.714. The number of carbonyl (C=O) groups excluding carboxylic acids is 2. The summed E-state index contributed by atoms with van der Waals surface area (Å²) in [6, 6.07) is 0. The molecule has 0 rings (SSSR count). The van der Waals surface area contributed by atoms with E-state index in [1.165, 1.54) is 7.11 Å². The Hall–Kier alpha value is -0.740. The lowest BCUT2D eigenvalue weighted by molar-refractivity contribution is -0.138. The van der Waals surface area contributed by atoms with Crippen LogP contribution in [0.25, 0.3) is 0 Å². The van der Waals surface area contributed by atoms with Crippen molar-refractivity contribution >= 4 is 12.6 Å². The summed E-state index contributed by atoms with van der Waals surface area (Å²) in [5.41, 5.74) is 0. The van der Waals surface area contributed by atoms with Crippen molar-refractivity contribution in [2.75, 3.05) is 20.2 Å². The first-order valence-electron chi connectivity index (χ1n) is 3.51. The van der Waals surface area contributed by atoms with Crippen LogP contribution in [0.4, 0.5) is 0 Å². The van der Waals surface area contributed by atoms with Gasteiger partial charge < -0.3 is 14.4 Å². The van der Waals surface area contributed by atoms with Crippen LogP contribution in [0.15, 0.2) is 0 Å². The molecule has 0 aromatic heterocycles. The van der Waals surface area contributed by atoms with Crippen molar-refractivity contribution in [3.05, 3.63) is 0 Å². The van der Waals surface area contributed by atoms with E-state index in [1.807, 2.05) is 0 Å². The van der Waals surface area contributed by atoms with E-state index < -0.39 is 0 Å². The molecular formula is C7H13NO3. The Labute approximate surface area is 66.1 Å². The Morgan fingerprint density at radius 3 is 1.91 bits per heavy atom. The van der Waals surface area contributed by atoms with E-state index in [2.05, 4.69) is 0 Å². The average molecular weight is 159 g/mol. The summed E-state index contributed by atoms with van der Waals surface area (Å²) in [5.74, 6) is 0. The molecule has 0 fully saturated rings. The standard InChI is InChI=1S/C7H13NO3/c1-11-8(4-2-6-9)5-3-7-10/h6-7H,2-5H2,1H3. The van der Waals surface area contributed by atoms with Gasteiger partial charge >= 0.3 is 0 Å². The summed E-state index contributed by atoms with van der Waals surface area (Å²) >= 11 is 0. The summed E-state index contributed by atoms with van der Waals surface area (Å²) in [6.07, 6.45) is 2.53. The first kappa shape index (κ1) is 10.3. The highest BCUT2D eigenvalue weighted by molar-refractivity contribution is 5.50. The third-order valence-corrected chi connectivity index (χ3v) is 1.25. The van der Waals surface area contributed by atoms with E-state index in [0.29, 0.717) is 25.9 Å². The highest BCUT2D eigenvalue weighted by Gasteiger charge is 2.00. The number of aldehydes is 2. The molecule has 4 heteroatoms. The Bertz CT molecular complexity index is 104. The predicted molar refractivity (Wildman–Crippen MR) is 39.9 cm³/mol. The van der Waals surface area contributed by atoms with Crippen LogP contribution in [0.3, 0.4) is 0 Å². The summed E-state index contributed by atoms with van der Waals surface area (Å²) in [4.78, 5) is 24.8. The van der Waals surface area contributed by atoms with Crippen LogP contribution in [0.5, 0.6) is 0 Å². The van der Waals surface area contributed by atoms with Gasteiger partial charge in [0.15, 0.2) is 0 Å². The number of rotatable bonds is 7. The molecule has 0 saturated carbocycles. The van der Waals surface area contributed by atoms with Gasteiger partial charge in [-0.1, -0.05) is 0 Å². The molecule has 4 nitrogen and oxygen atoms in total. The zero-order valence-electron chi connectivity index (χ0n) is 6.66. The molecule has 0 unspecified atom stereocenters. The largest absolute Gasteiger partial charge is 0.303 e. The van der Waals surface area contributed by atoms with Gasteiger partial charge in [-0.3, -0.25) is 0 Å². The second-order valence-electron chi connectivity index (χ2n) is 2.02. The van der Waals surface area contributed by atoms with E-state index in [0.717, 1.165) is 12.6 Å². The molecule has 0 aliphatic heterocycles. The maximum atomic E-state index is 9.95. The van der Waals surface area contributed by atoms with Gasteiger partial charge in [0.05, 0.1) is 7.11 Å². The fourth-order valence-corrected chi connectivity index (χ4v) is 0.688. The van der Waals surface area contributed by atoms with Crippen LogP contribution in [-0.4, -0.2) is 37.8 Å². The van der Waals surface area contributed by atoms with Crippen molar-refractivity contribution in [3.63, 3.8) is 0 Å². The summed E-state index contributed by atoms with van der Waals surface area (Å²) in [5, 5.41) is 1.59. The van der Waals surface area contributed by atoms with Crippen LogP contribution in [0, 0.1) is 0 Å². The highest BCUT2D eigenvalue weighted by Crippen LogP contribution is 1.90. The summed E-state index contributed by atoms with van der Waals surface area (Å²) < 4.78 is 0. The van der Waals surface area contributed by atoms with Crippen molar-refractivity contribution in [3.8, 4) is 0 Å². The first-order chi connectivity index (χ1) is 5.35. The minimum atomic E-state index is 0.437. The highest BCUT2D eigenvalue weighted by atomic mass is 16.7. The molecule has 0 atom stereocenters. The molecule has 0 saturated heterocycles. The van der Waals surface area contributed by atoms with Crippen molar-refractivity contribution in [2.45, 2.75) is 12.8 Å². The molecule has 0 aromatic carbocycles. The minimum absolute atomic E-state index is 0.437. The van der Waals surface area contributed by atoms with Gasteiger partial charge in [0.2, 0.25) is 0 Å². The molecular weight excluding hydrogens is 146 g/mol. The molecule has 0 aromatic rings. The third kappa shape index (κ3) is 5.69. The van der Waals surface area contributed by atoms with Crippen molar-refractivity contribution in [2.24, 2.45) is 0 Å². The maximum absolute atomic E-state index is 9.95. The fourth-order valence-electron chi connectivity index (χ4n) is 0.688. The molecule has 0 spiro atoms. The second kappa shape index (κ2) is 7.37. The van der Waals surface area contributed by atoms with Gasteiger partial charge in [-0.15, -0.1) is 0 Å². The van der Waals surface area contributed by atoms with Crippen molar-refractivity contribution in [1.29, 1.82) is 0 Å². The molecule has 0 radical (unpaired) electrons. The number of carbonyl (C=O) groups is 2. The number of hydrogen-bond acceptors (Lipinski definition) is 4. The van der Waals surface area contributed by atoms with Gasteiger partial charge in [-0.2, -0.15) is 5.06 Å². The molecule has 0 aliphatic rings. The first-order valence-corrected chi connectivity index (χ1v) is 3.51. The Morgan fingerprint density at radius 2 is 1.64 bits per heavy atom. The monoisotopic (exact) mass is 159 g/mol. The van der Waals surface area contributed by atoms with Crippen LogP contribution in [-0.2, 0) is 14.4 Å². The molecule has 0 N–H and O–H groups in total. The van der Waals surface area contributed by atoms with Crippen LogP contribution < -0.4 is 0 Å². The lowest BCUT2D eigenvalue weighted by atomic mass is 10.4. The van der Waals surface area contributed by atoms with E-state index in [4.69, 9.17) is 4.84 Å². The topological polar surface area (TPSA) is 46.6 Å². The van der Waals surface area contributed by atoms with Crippen LogP contribution in [0.1, 0.15) is 12.8 Å². The summed E-state index contributed by atoms with van der Waals surface area (Å²) in [6.45, 7) is 1.10. The Balaban J connectivity index is 3.39. The molecule has 0 aliphatic carbocycles. The minimum Gasteiger partial charge on any atom is -0.303 e. The number of hydrogen-bond donors (Lipinski definition) is 0. The zero-order chi connectivity index (χ0) is 8.53. The molecule has 0 heterocycles. The van der Waals surface area contributed by atoms with Gasteiger partial charge in [-0.25, -0.2) is 0 Å². The molecule has 64 valence electrons.